The van der Waals surface area contributed by atoms with Crippen molar-refractivity contribution in [2.24, 2.45) is 0 Å². The number of aromatic nitrogens is 2. The van der Waals surface area contributed by atoms with Gasteiger partial charge in [0, 0.05) is 17.8 Å². The highest BCUT2D eigenvalue weighted by atomic mass is 16.5. The Balaban J connectivity index is 2.22. The van der Waals surface area contributed by atoms with Gasteiger partial charge < -0.3 is 10.1 Å². The molecule has 0 amide bonds. The number of nitrogens with one attached hydrogen (secondary N) is 2. The molecule has 5 heteroatoms. The summed E-state index contributed by atoms with van der Waals surface area (Å²) in [4.78, 5) is 10.9. The van der Waals surface area contributed by atoms with Gasteiger partial charge in [0.15, 0.2) is 0 Å². The Labute approximate surface area is 82.8 Å². The lowest BCUT2D eigenvalue weighted by molar-refractivity contribution is -0.142. The highest BCUT2D eigenvalue weighted by Gasteiger charge is 2.02. The fraction of sp³-hybridized carbons (Fsp3) is 0.556. The number of rotatable bonds is 5. The number of hydrogen-bond acceptors (Lipinski definition) is 4. The molecule has 2 N–H and O–H groups in total. The number of carbonyl (C=O) groups is 1. The lowest BCUT2D eigenvalue weighted by atomic mass is 10.3. The molecule has 0 radical (unpaired) electrons. The molecule has 1 rings (SSSR count). The van der Waals surface area contributed by atoms with E-state index in [-0.39, 0.29) is 12.5 Å². The largest absolute Gasteiger partial charge is 0.465 e. The minimum atomic E-state index is -0.228. The molecule has 1 aromatic heterocycles. The second kappa shape index (κ2) is 5.39. The van der Waals surface area contributed by atoms with Crippen molar-refractivity contribution in [3.05, 3.63) is 17.5 Å². The number of aromatic amines is 1. The molecule has 0 unspecified atom stereocenters. The fourth-order valence-corrected chi connectivity index (χ4v) is 1.07. The van der Waals surface area contributed by atoms with Crippen molar-refractivity contribution < 1.29 is 9.53 Å². The molecule has 0 aromatic carbocycles. The van der Waals surface area contributed by atoms with Crippen molar-refractivity contribution in [1.29, 1.82) is 0 Å². The Morgan fingerprint density at radius 2 is 2.50 bits per heavy atom. The molecule has 0 saturated carbocycles. The summed E-state index contributed by atoms with van der Waals surface area (Å²) < 4.78 is 4.77. The predicted molar refractivity (Wildman–Crippen MR) is 51.7 cm³/mol. The summed E-state index contributed by atoms with van der Waals surface area (Å²) in [5.74, 6) is -0.228. The number of esters is 1. The highest BCUT2D eigenvalue weighted by molar-refractivity contribution is 5.71. The van der Waals surface area contributed by atoms with E-state index in [0.29, 0.717) is 13.2 Å². The van der Waals surface area contributed by atoms with E-state index >= 15 is 0 Å². The molecule has 0 fully saturated rings. The number of H-pyrrole nitrogens is 1. The smallest absolute Gasteiger partial charge is 0.319 e. The maximum atomic E-state index is 10.9. The van der Waals surface area contributed by atoms with Gasteiger partial charge in [-0.3, -0.25) is 9.89 Å². The van der Waals surface area contributed by atoms with Crippen molar-refractivity contribution in [3.8, 4) is 0 Å². The number of aryl methyl sites for hydroxylation is 1. The van der Waals surface area contributed by atoms with Gasteiger partial charge in [0.25, 0.3) is 0 Å². The van der Waals surface area contributed by atoms with Crippen molar-refractivity contribution in [1.82, 2.24) is 15.5 Å². The van der Waals surface area contributed by atoms with E-state index in [9.17, 15) is 4.79 Å². The molecule has 0 spiro atoms. The van der Waals surface area contributed by atoms with Gasteiger partial charge in [-0.15, -0.1) is 0 Å². The van der Waals surface area contributed by atoms with Crippen LogP contribution in [0.2, 0.25) is 0 Å². The van der Waals surface area contributed by atoms with E-state index in [1.54, 1.807) is 13.1 Å². The minimum Gasteiger partial charge on any atom is -0.465 e. The lowest BCUT2D eigenvalue weighted by Gasteiger charge is -2.03. The topological polar surface area (TPSA) is 67.0 Å². The zero-order valence-corrected chi connectivity index (χ0v) is 8.46. The summed E-state index contributed by atoms with van der Waals surface area (Å²) in [6, 6.07) is 0. The van der Waals surface area contributed by atoms with E-state index in [1.807, 2.05) is 6.92 Å². The van der Waals surface area contributed by atoms with Gasteiger partial charge in [-0.1, -0.05) is 0 Å². The molecule has 0 aliphatic carbocycles. The van der Waals surface area contributed by atoms with Gasteiger partial charge in [0.1, 0.15) is 0 Å². The normalized spacial score (nSPS) is 10.1. The van der Waals surface area contributed by atoms with Crippen LogP contribution in [0.25, 0.3) is 0 Å². The molecule has 1 aromatic rings. The highest BCUT2D eigenvalue weighted by Crippen LogP contribution is 2.00. The Morgan fingerprint density at radius 1 is 1.71 bits per heavy atom. The third-order valence-corrected chi connectivity index (χ3v) is 1.82. The molecule has 0 saturated heterocycles. The van der Waals surface area contributed by atoms with E-state index in [2.05, 4.69) is 15.5 Å². The predicted octanol–water partition coefficient (Wildman–Crippen LogP) is 0.371. The Kier molecular flexibility index (Phi) is 4.12. The monoisotopic (exact) mass is 197 g/mol. The first-order chi connectivity index (χ1) is 6.74. The number of carbonyl (C=O) groups excluding carboxylic acids is 1. The molecule has 0 bridgehead atoms. The summed E-state index contributed by atoms with van der Waals surface area (Å²) in [6.45, 7) is 5.01. The molecule has 14 heavy (non-hydrogen) atoms. The van der Waals surface area contributed by atoms with Gasteiger partial charge in [-0.2, -0.15) is 5.10 Å². The van der Waals surface area contributed by atoms with Crippen LogP contribution in [0.3, 0.4) is 0 Å². The Hall–Kier alpha value is -1.36. The number of ether oxygens (including phenoxy) is 1. The van der Waals surface area contributed by atoms with Crippen LogP contribution < -0.4 is 5.32 Å². The Morgan fingerprint density at radius 3 is 3.07 bits per heavy atom. The summed E-state index contributed by atoms with van der Waals surface area (Å²) in [7, 11) is 0. The van der Waals surface area contributed by atoms with Crippen molar-refractivity contribution in [3.63, 3.8) is 0 Å². The SMILES string of the molecule is CCOC(=O)CNCc1cn[nH]c1C. The number of hydrogen-bond donors (Lipinski definition) is 2. The summed E-state index contributed by atoms with van der Waals surface area (Å²) >= 11 is 0. The van der Waals surface area contributed by atoms with Crippen molar-refractivity contribution in [2.45, 2.75) is 20.4 Å². The van der Waals surface area contributed by atoms with Crippen LogP contribution in [0.5, 0.6) is 0 Å². The molecule has 5 nitrogen and oxygen atoms in total. The molecular weight excluding hydrogens is 182 g/mol. The average Bonchev–Trinajstić information content (AvgIpc) is 2.52. The van der Waals surface area contributed by atoms with Gasteiger partial charge >= 0.3 is 5.97 Å². The maximum Gasteiger partial charge on any atom is 0.319 e. The van der Waals surface area contributed by atoms with Crippen LogP contribution in [-0.2, 0) is 16.1 Å². The zero-order valence-electron chi connectivity index (χ0n) is 8.46. The van der Waals surface area contributed by atoms with Gasteiger partial charge in [0.05, 0.1) is 19.3 Å². The first kappa shape index (κ1) is 10.7. The van der Waals surface area contributed by atoms with Crippen molar-refractivity contribution >= 4 is 5.97 Å². The fourth-order valence-electron chi connectivity index (χ4n) is 1.07. The van der Waals surface area contributed by atoms with Crippen LogP contribution in [0, 0.1) is 6.92 Å². The molecule has 78 valence electrons. The van der Waals surface area contributed by atoms with Gasteiger partial charge in [-0.25, -0.2) is 0 Å². The molecule has 0 atom stereocenters. The minimum absolute atomic E-state index is 0.228. The van der Waals surface area contributed by atoms with Gasteiger partial charge in [-0.05, 0) is 13.8 Å². The van der Waals surface area contributed by atoms with Crippen LogP contribution >= 0.6 is 0 Å². The average molecular weight is 197 g/mol. The Bertz CT molecular complexity index is 296. The first-order valence-electron chi connectivity index (χ1n) is 4.59. The van der Waals surface area contributed by atoms with Crippen LogP contribution in [0.1, 0.15) is 18.2 Å². The van der Waals surface area contributed by atoms with Crippen LogP contribution in [0.4, 0.5) is 0 Å². The third kappa shape index (κ3) is 3.18. The van der Waals surface area contributed by atoms with E-state index in [1.165, 1.54) is 0 Å². The van der Waals surface area contributed by atoms with E-state index < -0.39 is 0 Å². The molecular formula is C9H15N3O2. The summed E-state index contributed by atoms with van der Waals surface area (Å²) in [6.07, 6.45) is 1.74. The van der Waals surface area contributed by atoms with E-state index in [4.69, 9.17) is 4.74 Å². The lowest BCUT2D eigenvalue weighted by Crippen LogP contribution is -2.24. The second-order valence-electron chi connectivity index (χ2n) is 2.93. The molecule has 0 aliphatic rings. The number of nitrogens with zero attached hydrogens (tertiary/aromatic N) is 1. The van der Waals surface area contributed by atoms with Crippen molar-refractivity contribution in [2.75, 3.05) is 13.2 Å². The summed E-state index contributed by atoms with van der Waals surface area (Å²) in [5, 5.41) is 9.68. The van der Waals surface area contributed by atoms with Crippen LogP contribution in [0.15, 0.2) is 6.20 Å². The standard InChI is InChI=1S/C9H15N3O2/c1-3-14-9(13)6-10-4-8-5-11-12-7(8)2/h5,10H,3-4,6H2,1-2H3,(H,11,12). The quantitative estimate of drug-likeness (QED) is 0.669. The third-order valence-electron chi connectivity index (χ3n) is 1.82. The molecule has 1 heterocycles. The summed E-state index contributed by atoms with van der Waals surface area (Å²) in [5.41, 5.74) is 2.08. The second-order valence-corrected chi connectivity index (χ2v) is 2.93. The van der Waals surface area contributed by atoms with Crippen LogP contribution in [-0.4, -0.2) is 29.3 Å². The van der Waals surface area contributed by atoms with E-state index in [0.717, 1.165) is 11.3 Å². The zero-order chi connectivity index (χ0) is 10.4. The first-order valence-corrected chi connectivity index (χ1v) is 4.59. The molecule has 0 aliphatic heterocycles. The van der Waals surface area contributed by atoms with Gasteiger partial charge in [0.2, 0.25) is 0 Å². The maximum absolute atomic E-state index is 10.9.